The van der Waals surface area contributed by atoms with Crippen LogP contribution >= 0.6 is 0 Å². The molecule has 5 nitrogen and oxygen atoms in total. The van der Waals surface area contributed by atoms with Gasteiger partial charge in [0.25, 0.3) is 0 Å². The SMILES string of the molecule is O=[Se](=O)([O-])c1ccc([O-])c(O)c1.[Na+].[Na+]. The Balaban J connectivity index is 0. The molecular weight excluding hydrogens is 277 g/mol. The van der Waals surface area contributed by atoms with E-state index in [1.54, 1.807) is 0 Å². The third-order valence-electron chi connectivity index (χ3n) is 1.22. The molecule has 0 aliphatic carbocycles. The van der Waals surface area contributed by atoms with E-state index < -0.39 is 29.0 Å². The molecule has 0 aromatic heterocycles. The summed E-state index contributed by atoms with van der Waals surface area (Å²) in [6.07, 6.45) is 0. The molecule has 0 bridgehead atoms. The van der Waals surface area contributed by atoms with E-state index in [9.17, 15) is 17.0 Å². The normalized spacial score (nSPS) is 9.79. The second-order valence-corrected chi connectivity index (χ2v) is 4.98. The van der Waals surface area contributed by atoms with Crippen molar-refractivity contribution in [3.63, 3.8) is 0 Å². The molecule has 0 amide bonds. The number of phenolic OH excluding ortho intramolecular Hbond substituents is 1. The molecule has 0 spiro atoms. The van der Waals surface area contributed by atoms with Crippen molar-refractivity contribution in [1.82, 2.24) is 0 Å². The zero-order chi connectivity index (χ0) is 9.35. The predicted molar refractivity (Wildman–Crippen MR) is 34.3 cm³/mol. The summed E-state index contributed by atoms with van der Waals surface area (Å²) in [7, 11) is 0. The van der Waals surface area contributed by atoms with Crippen LogP contribution in [0.2, 0.25) is 0 Å². The first-order valence-electron chi connectivity index (χ1n) is 2.87. The Morgan fingerprint density at radius 1 is 1.21 bits per heavy atom. The van der Waals surface area contributed by atoms with E-state index in [0.29, 0.717) is 6.07 Å². The first-order valence-corrected chi connectivity index (χ1v) is 5.82. The van der Waals surface area contributed by atoms with Crippen LogP contribution < -0.4 is 72.9 Å². The van der Waals surface area contributed by atoms with Gasteiger partial charge in [-0.2, -0.15) is 0 Å². The Bertz CT molecular complexity index is 403. The molecule has 0 saturated carbocycles. The first-order chi connectivity index (χ1) is 5.41. The molecule has 0 aliphatic rings. The van der Waals surface area contributed by atoms with Crippen molar-refractivity contribution in [3.05, 3.63) is 18.2 Å². The van der Waals surface area contributed by atoms with Crippen molar-refractivity contribution in [2.24, 2.45) is 0 Å². The number of phenols is 1. The van der Waals surface area contributed by atoms with E-state index in [4.69, 9.17) is 5.11 Å². The molecule has 1 rings (SSSR count). The molecule has 1 N–H and O–H groups in total. The number of hydrogen-bond donors (Lipinski definition) is 1. The standard InChI is InChI=1S/C6H6O5Se.2Na/c7-5-2-1-4(3-6(5)8)12(9,10)11;;/h1-3,7-8H,(H,9,10,11);;/q;2*+1/p-2. The summed E-state index contributed by atoms with van der Waals surface area (Å²) >= 11 is -5.31. The van der Waals surface area contributed by atoms with Gasteiger partial charge in [0.05, 0.1) is 0 Å². The average molecular weight is 281 g/mol. The van der Waals surface area contributed by atoms with Crippen LogP contribution in [0.4, 0.5) is 0 Å². The Morgan fingerprint density at radius 3 is 2.07 bits per heavy atom. The van der Waals surface area contributed by atoms with Gasteiger partial charge < -0.3 is 0 Å². The number of rotatable bonds is 1. The summed E-state index contributed by atoms with van der Waals surface area (Å²) in [4.78, 5) is 0. The van der Waals surface area contributed by atoms with Gasteiger partial charge in [-0.25, -0.2) is 0 Å². The van der Waals surface area contributed by atoms with Crippen LogP contribution in [0, 0.1) is 0 Å². The van der Waals surface area contributed by atoms with Crippen molar-refractivity contribution in [2.75, 3.05) is 0 Å². The smallest absolute Gasteiger partial charge is 1.00 e. The van der Waals surface area contributed by atoms with Gasteiger partial charge in [0.2, 0.25) is 0 Å². The van der Waals surface area contributed by atoms with Crippen molar-refractivity contribution >= 4 is 17.5 Å². The third-order valence-corrected chi connectivity index (χ3v) is 2.96. The van der Waals surface area contributed by atoms with E-state index in [-0.39, 0.29) is 59.1 Å². The molecule has 1 aromatic carbocycles. The minimum absolute atomic E-state index is 0. The van der Waals surface area contributed by atoms with Gasteiger partial charge in [-0.3, -0.25) is 0 Å². The number of aromatic hydroxyl groups is 1. The maximum Gasteiger partial charge on any atom is 1.00 e. The van der Waals surface area contributed by atoms with Crippen molar-refractivity contribution in [2.45, 2.75) is 0 Å². The van der Waals surface area contributed by atoms with Crippen molar-refractivity contribution in [3.8, 4) is 11.5 Å². The predicted octanol–water partition coefficient (Wildman–Crippen LogP) is -8.16. The zero-order valence-electron chi connectivity index (χ0n) is 7.72. The molecule has 0 saturated heterocycles. The van der Waals surface area contributed by atoms with Crippen LogP contribution in [0.3, 0.4) is 0 Å². The number of hydrogen-bond acceptors (Lipinski definition) is 5. The Kier molecular flexibility index (Phi) is 8.00. The van der Waals surface area contributed by atoms with Crippen LogP contribution in [-0.4, -0.2) is 18.1 Å². The molecule has 0 unspecified atom stereocenters. The van der Waals surface area contributed by atoms with E-state index in [0.717, 1.165) is 12.1 Å². The fraction of sp³-hybridized carbons (Fsp3) is 0. The first kappa shape index (κ1) is 17.3. The molecule has 0 radical (unpaired) electrons. The maximum absolute atomic E-state index is 10.6. The molecule has 1 aromatic rings. The van der Waals surface area contributed by atoms with E-state index in [1.807, 2.05) is 0 Å². The van der Waals surface area contributed by atoms with Gasteiger partial charge in [-0.1, -0.05) is 0 Å². The summed E-state index contributed by atoms with van der Waals surface area (Å²) in [5.74, 6) is -1.43. The molecule has 14 heavy (non-hydrogen) atoms. The van der Waals surface area contributed by atoms with Crippen molar-refractivity contribution < 1.29 is 81.2 Å². The topological polar surface area (TPSA) is 100 Å². The molecule has 0 aliphatic heterocycles. The summed E-state index contributed by atoms with van der Waals surface area (Å²) < 4.78 is 30.7. The molecule has 0 heterocycles. The van der Waals surface area contributed by atoms with Crippen molar-refractivity contribution in [1.29, 1.82) is 0 Å². The second-order valence-electron chi connectivity index (χ2n) is 2.08. The van der Waals surface area contributed by atoms with Gasteiger partial charge in [-0.15, -0.1) is 0 Å². The monoisotopic (exact) mass is 282 g/mol. The fourth-order valence-electron chi connectivity index (χ4n) is 0.653. The van der Waals surface area contributed by atoms with Crippen LogP contribution in [0.15, 0.2) is 18.2 Å². The second kappa shape index (κ2) is 6.48. The van der Waals surface area contributed by atoms with Gasteiger partial charge in [0.15, 0.2) is 0 Å². The summed E-state index contributed by atoms with van der Waals surface area (Å²) in [6, 6.07) is 2.38. The van der Waals surface area contributed by atoms with Crippen LogP contribution in [0.25, 0.3) is 0 Å². The minimum Gasteiger partial charge on any atom is 1.00 e. The Labute approximate surface area is 127 Å². The van der Waals surface area contributed by atoms with E-state index in [1.165, 1.54) is 0 Å². The van der Waals surface area contributed by atoms with E-state index in [2.05, 4.69) is 0 Å². The van der Waals surface area contributed by atoms with Gasteiger partial charge in [-0.05, 0) is 0 Å². The summed E-state index contributed by atoms with van der Waals surface area (Å²) in [5.41, 5.74) is 0. The van der Waals surface area contributed by atoms with Gasteiger partial charge in [0.1, 0.15) is 0 Å². The average Bonchev–Trinajstić information content (AvgIpc) is 1.92. The molecule has 0 atom stereocenters. The Hall–Kier alpha value is 0.899. The summed E-state index contributed by atoms with van der Waals surface area (Å²) in [6.45, 7) is 0. The molecular formula is C6H4Na2O5Se. The molecule has 66 valence electrons. The largest absolute Gasteiger partial charge is 1.00 e. The fourth-order valence-corrected chi connectivity index (χ4v) is 1.68. The quantitative estimate of drug-likeness (QED) is 0.515. The maximum atomic E-state index is 10.6. The molecule has 8 heteroatoms. The zero-order valence-corrected chi connectivity index (χ0v) is 13.4. The Morgan fingerprint density at radius 2 is 1.71 bits per heavy atom. The van der Waals surface area contributed by atoms with Gasteiger partial charge in [0, 0.05) is 0 Å². The third kappa shape index (κ3) is 4.61. The van der Waals surface area contributed by atoms with Crippen LogP contribution in [-0.2, 0) is 7.67 Å². The van der Waals surface area contributed by atoms with Crippen LogP contribution in [0.5, 0.6) is 11.5 Å². The summed E-state index contributed by atoms with van der Waals surface area (Å²) in [5, 5.41) is 19.3. The van der Waals surface area contributed by atoms with E-state index >= 15 is 0 Å². The van der Waals surface area contributed by atoms with Gasteiger partial charge >= 0.3 is 128 Å². The molecule has 0 fully saturated rings. The minimum atomic E-state index is -5.31. The number of benzene rings is 1. The van der Waals surface area contributed by atoms with Crippen LogP contribution in [0.1, 0.15) is 0 Å².